The minimum atomic E-state index is -0.388. The summed E-state index contributed by atoms with van der Waals surface area (Å²) in [6.45, 7) is 7.74. The summed E-state index contributed by atoms with van der Waals surface area (Å²) in [5.41, 5.74) is 5.31. The minimum absolute atomic E-state index is 0. The molecule has 3 N–H and O–H groups in total. The normalized spacial score (nSPS) is 10.8. The zero-order valence-electron chi connectivity index (χ0n) is 10.2. The van der Waals surface area contributed by atoms with Crippen molar-refractivity contribution in [3.8, 4) is 0 Å². The molecule has 0 unspecified atom stereocenters. The summed E-state index contributed by atoms with van der Waals surface area (Å²) in [4.78, 5) is 11.2. The Morgan fingerprint density at radius 1 is 1.31 bits per heavy atom. The Morgan fingerprint density at radius 2 is 1.88 bits per heavy atom. The van der Waals surface area contributed by atoms with Gasteiger partial charge in [0.05, 0.1) is 13.2 Å². The molecule has 0 aromatic carbocycles. The van der Waals surface area contributed by atoms with Crippen LogP contribution in [0.15, 0.2) is 0 Å². The molecule has 1 amide bonds. The molecule has 0 saturated heterocycles. The van der Waals surface area contributed by atoms with Crippen molar-refractivity contribution in [1.29, 1.82) is 0 Å². The molecule has 0 rings (SSSR count). The number of carbonyl (C=O) groups excluding carboxylic acids is 1. The van der Waals surface area contributed by atoms with Gasteiger partial charge in [-0.15, -0.1) is 12.4 Å². The second kappa shape index (κ2) is 9.84. The van der Waals surface area contributed by atoms with Crippen LogP contribution in [-0.2, 0) is 14.3 Å². The predicted octanol–water partition coefficient (Wildman–Crippen LogP) is 0.315. The summed E-state index contributed by atoms with van der Waals surface area (Å²) in [7, 11) is 0. The van der Waals surface area contributed by atoms with Crippen LogP contribution >= 0.6 is 12.4 Å². The largest absolute Gasteiger partial charge is 0.379 e. The van der Waals surface area contributed by atoms with E-state index in [-0.39, 0.29) is 30.5 Å². The third-order valence-corrected chi connectivity index (χ3v) is 1.55. The number of nitrogens with two attached hydrogens (primary N) is 1. The van der Waals surface area contributed by atoms with Crippen molar-refractivity contribution < 1.29 is 14.3 Å². The molecule has 0 bridgehead atoms. The van der Waals surface area contributed by atoms with Gasteiger partial charge in [-0.1, -0.05) is 0 Å². The molecule has 16 heavy (non-hydrogen) atoms. The fraction of sp³-hybridized carbons (Fsp3) is 0.900. The van der Waals surface area contributed by atoms with Crippen LogP contribution in [0.5, 0.6) is 0 Å². The first-order valence-corrected chi connectivity index (χ1v) is 5.17. The highest BCUT2D eigenvalue weighted by Gasteiger charge is 2.11. The Labute approximate surface area is 103 Å². The van der Waals surface area contributed by atoms with Gasteiger partial charge in [-0.05, 0) is 20.8 Å². The van der Waals surface area contributed by atoms with Crippen LogP contribution in [0.4, 0.5) is 0 Å². The molecule has 0 atom stereocenters. The van der Waals surface area contributed by atoms with Gasteiger partial charge in [0.2, 0.25) is 5.91 Å². The third kappa shape index (κ3) is 13.6. The van der Waals surface area contributed by atoms with Crippen molar-refractivity contribution in [2.75, 3.05) is 33.0 Å². The van der Waals surface area contributed by atoms with Crippen molar-refractivity contribution in [2.24, 2.45) is 5.73 Å². The minimum Gasteiger partial charge on any atom is -0.379 e. The van der Waals surface area contributed by atoms with Crippen molar-refractivity contribution >= 4 is 18.3 Å². The quantitative estimate of drug-likeness (QED) is 0.612. The fourth-order valence-electron chi connectivity index (χ4n) is 0.804. The van der Waals surface area contributed by atoms with Crippen LogP contribution in [0.3, 0.4) is 0 Å². The van der Waals surface area contributed by atoms with Gasteiger partial charge in [0, 0.05) is 18.7 Å². The molecule has 0 aromatic heterocycles. The molecule has 0 aromatic rings. The summed E-state index contributed by atoms with van der Waals surface area (Å²) in [5.74, 6) is -0.148. The van der Waals surface area contributed by atoms with Gasteiger partial charge in [0.1, 0.15) is 6.61 Å². The molecule has 0 aliphatic carbocycles. The highest BCUT2D eigenvalue weighted by atomic mass is 35.5. The van der Waals surface area contributed by atoms with Crippen LogP contribution in [0.25, 0.3) is 0 Å². The third-order valence-electron chi connectivity index (χ3n) is 1.55. The number of hydrogen-bond acceptors (Lipinski definition) is 4. The number of ether oxygens (including phenoxy) is 2. The van der Waals surface area contributed by atoms with E-state index in [4.69, 9.17) is 15.2 Å². The second-order valence-electron chi connectivity index (χ2n) is 4.01. The average molecular weight is 255 g/mol. The van der Waals surface area contributed by atoms with E-state index >= 15 is 0 Å². The summed E-state index contributed by atoms with van der Waals surface area (Å²) >= 11 is 0. The van der Waals surface area contributed by atoms with Crippen molar-refractivity contribution in [1.82, 2.24) is 5.32 Å². The Bertz CT molecular complexity index is 183. The second-order valence-corrected chi connectivity index (χ2v) is 4.01. The van der Waals surface area contributed by atoms with E-state index in [1.54, 1.807) is 0 Å². The van der Waals surface area contributed by atoms with E-state index in [9.17, 15) is 4.79 Å². The monoisotopic (exact) mass is 254 g/mol. The first kappa shape index (κ1) is 18.0. The van der Waals surface area contributed by atoms with Crippen LogP contribution < -0.4 is 11.1 Å². The van der Waals surface area contributed by atoms with E-state index in [1.807, 2.05) is 20.8 Å². The van der Waals surface area contributed by atoms with Crippen molar-refractivity contribution in [2.45, 2.75) is 26.3 Å². The molecule has 0 heterocycles. The molecule has 0 saturated carbocycles. The van der Waals surface area contributed by atoms with Crippen molar-refractivity contribution in [3.05, 3.63) is 0 Å². The van der Waals surface area contributed by atoms with Gasteiger partial charge in [-0.25, -0.2) is 0 Å². The standard InChI is InChI=1S/C10H22N2O3.ClH/c1-4-14-5-6-15-7-9(13)12-8-10(2,3)11;/h4-8,11H2,1-3H3,(H,12,13);1H. The number of hydrogen-bond donors (Lipinski definition) is 2. The maximum atomic E-state index is 11.2. The lowest BCUT2D eigenvalue weighted by Gasteiger charge is -2.18. The number of nitrogens with one attached hydrogen (secondary N) is 1. The molecule has 6 heteroatoms. The average Bonchev–Trinajstić information content (AvgIpc) is 2.13. The number of amides is 1. The Kier molecular flexibility index (Phi) is 11.1. The predicted molar refractivity (Wildman–Crippen MR) is 65.8 cm³/mol. The van der Waals surface area contributed by atoms with E-state index in [0.717, 1.165) is 0 Å². The van der Waals surface area contributed by atoms with Gasteiger partial charge >= 0.3 is 0 Å². The van der Waals surface area contributed by atoms with Crippen LogP contribution in [0.2, 0.25) is 0 Å². The first-order valence-electron chi connectivity index (χ1n) is 5.17. The molecule has 5 nitrogen and oxygen atoms in total. The maximum Gasteiger partial charge on any atom is 0.246 e. The summed E-state index contributed by atoms with van der Waals surface area (Å²) in [6.07, 6.45) is 0. The van der Waals surface area contributed by atoms with E-state index < -0.39 is 0 Å². The summed E-state index contributed by atoms with van der Waals surface area (Å²) in [6, 6.07) is 0. The Morgan fingerprint density at radius 3 is 2.38 bits per heavy atom. The fourth-order valence-corrected chi connectivity index (χ4v) is 0.804. The molecule has 0 radical (unpaired) electrons. The number of carbonyl (C=O) groups is 1. The molecule has 0 aliphatic rings. The van der Waals surface area contributed by atoms with Gasteiger partial charge in [0.15, 0.2) is 0 Å². The summed E-state index contributed by atoms with van der Waals surface area (Å²) < 4.78 is 10.1. The van der Waals surface area contributed by atoms with Crippen LogP contribution in [0.1, 0.15) is 20.8 Å². The zero-order chi connectivity index (χ0) is 11.7. The first-order chi connectivity index (χ1) is 6.95. The lowest BCUT2D eigenvalue weighted by molar-refractivity contribution is -0.126. The SMILES string of the molecule is CCOCCOCC(=O)NCC(C)(C)N.Cl. The highest BCUT2D eigenvalue weighted by Crippen LogP contribution is 1.92. The topological polar surface area (TPSA) is 73.6 Å². The van der Waals surface area contributed by atoms with Crippen LogP contribution in [0, 0.1) is 0 Å². The zero-order valence-corrected chi connectivity index (χ0v) is 11.1. The molecular formula is C10H23ClN2O3. The number of rotatable bonds is 8. The van der Waals surface area contributed by atoms with Gasteiger partial charge < -0.3 is 20.5 Å². The maximum absolute atomic E-state index is 11.2. The van der Waals surface area contributed by atoms with Gasteiger partial charge in [-0.2, -0.15) is 0 Å². The number of halogens is 1. The van der Waals surface area contributed by atoms with Crippen molar-refractivity contribution in [3.63, 3.8) is 0 Å². The lowest BCUT2D eigenvalue weighted by Crippen LogP contribution is -2.46. The van der Waals surface area contributed by atoms with E-state index in [2.05, 4.69) is 5.32 Å². The van der Waals surface area contributed by atoms with E-state index in [0.29, 0.717) is 26.4 Å². The van der Waals surface area contributed by atoms with Gasteiger partial charge in [-0.3, -0.25) is 4.79 Å². The molecule has 0 spiro atoms. The van der Waals surface area contributed by atoms with Gasteiger partial charge in [0.25, 0.3) is 0 Å². The molecule has 0 aliphatic heterocycles. The molecular weight excluding hydrogens is 232 g/mol. The lowest BCUT2D eigenvalue weighted by atomic mass is 10.1. The Balaban J connectivity index is 0. The van der Waals surface area contributed by atoms with E-state index in [1.165, 1.54) is 0 Å². The smallest absolute Gasteiger partial charge is 0.246 e. The Hall–Kier alpha value is -0.360. The van der Waals surface area contributed by atoms with Crippen LogP contribution in [-0.4, -0.2) is 44.4 Å². The summed E-state index contributed by atoms with van der Waals surface area (Å²) in [5, 5.41) is 2.68. The molecule has 98 valence electrons. The highest BCUT2D eigenvalue weighted by molar-refractivity contribution is 5.85. The molecule has 0 fully saturated rings.